The summed E-state index contributed by atoms with van der Waals surface area (Å²) < 4.78 is 0. The Hall–Kier alpha value is -0.640. The number of carbonyl (C=O) groups is 1. The van der Waals surface area contributed by atoms with Crippen molar-refractivity contribution in [1.29, 1.82) is 0 Å². The van der Waals surface area contributed by atoms with Gasteiger partial charge < -0.3 is 5.32 Å². The Balaban J connectivity index is 2.54. The van der Waals surface area contributed by atoms with Crippen LogP contribution in [0.15, 0.2) is 35.7 Å². The van der Waals surface area contributed by atoms with Crippen molar-refractivity contribution < 1.29 is 4.79 Å². The van der Waals surface area contributed by atoms with Crippen molar-refractivity contribution in [3.63, 3.8) is 0 Å². The molecule has 1 rings (SSSR count). The summed E-state index contributed by atoms with van der Waals surface area (Å²) in [7, 11) is 0. The van der Waals surface area contributed by atoms with Crippen molar-refractivity contribution in [2.45, 2.75) is 4.90 Å². The van der Waals surface area contributed by atoms with Gasteiger partial charge in [0.25, 0.3) is 0 Å². The molecule has 0 spiro atoms. The minimum atomic E-state index is -0.0686. The van der Waals surface area contributed by atoms with E-state index in [1.54, 1.807) is 24.3 Å². The van der Waals surface area contributed by atoms with Crippen LogP contribution in [0.25, 0.3) is 0 Å². The summed E-state index contributed by atoms with van der Waals surface area (Å²) in [6, 6.07) is 5.27. The molecule has 0 aliphatic carbocycles. The van der Waals surface area contributed by atoms with Crippen molar-refractivity contribution in [3.8, 4) is 0 Å². The lowest BCUT2D eigenvalue weighted by Gasteiger charge is -2.06. The van der Waals surface area contributed by atoms with Crippen LogP contribution in [0.4, 0.5) is 0 Å². The molecule has 0 aromatic heterocycles. The Kier molecular flexibility index (Phi) is 5.74. The molecule has 0 radical (unpaired) electrons. The van der Waals surface area contributed by atoms with Gasteiger partial charge in [-0.25, -0.2) is 0 Å². The second-order valence-corrected chi connectivity index (χ2v) is 4.73. The molecule has 0 atom stereocenters. The van der Waals surface area contributed by atoms with Gasteiger partial charge in [-0.3, -0.25) is 4.79 Å². The lowest BCUT2D eigenvalue weighted by Crippen LogP contribution is -2.24. The van der Waals surface area contributed by atoms with Crippen LogP contribution in [-0.2, 0) is 4.79 Å². The lowest BCUT2D eigenvalue weighted by molar-refractivity contribution is -0.118. The Morgan fingerprint density at radius 2 is 2.06 bits per heavy atom. The minimum absolute atomic E-state index is 0.0686. The second kappa shape index (κ2) is 6.84. The number of hydrogen-bond donors (Lipinski definition) is 1. The Morgan fingerprint density at radius 3 is 2.62 bits per heavy atom. The second-order valence-electron chi connectivity index (χ2n) is 2.93. The zero-order valence-corrected chi connectivity index (χ0v) is 10.8. The number of carbonyl (C=O) groups excluding carboxylic acids is 1. The van der Waals surface area contributed by atoms with Crippen molar-refractivity contribution in [2.24, 2.45) is 0 Å². The molecule has 16 heavy (non-hydrogen) atoms. The van der Waals surface area contributed by atoms with Crippen molar-refractivity contribution in [2.75, 3.05) is 12.3 Å². The van der Waals surface area contributed by atoms with Crippen LogP contribution in [0, 0.1) is 0 Å². The fourth-order valence-electron chi connectivity index (χ4n) is 0.995. The van der Waals surface area contributed by atoms with Crippen LogP contribution in [0.2, 0.25) is 10.0 Å². The Labute approximate surface area is 109 Å². The molecule has 0 heterocycles. The minimum Gasteiger partial charge on any atom is -0.352 e. The van der Waals surface area contributed by atoms with Gasteiger partial charge in [0.2, 0.25) is 5.91 Å². The van der Waals surface area contributed by atoms with Crippen molar-refractivity contribution in [3.05, 3.63) is 40.9 Å². The van der Waals surface area contributed by atoms with Gasteiger partial charge in [-0.1, -0.05) is 35.3 Å². The van der Waals surface area contributed by atoms with Crippen LogP contribution in [0.5, 0.6) is 0 Å². The van der Waals surface area contributed by atoms with Crippen LogP contribution >= 0.6 is 35.0 Å². The van der Waals surface area contributed by atoms with E-state index in [-0.39, 0.29) is 11.7 Å². The van der Waals surface area contributed by atoms with E-state index in [4.69, 9.17) is 23.2 Å². The van der Waals surface area contributed by atoms with E-state index in [1.807, 2.05) is 0 Å². The predicted molar refractivity (Wildman–Crippen MR) is 70.4 cm³/mol. The SMILES string of the molecule is C=CCNC(=O)CSc1c(Cl)cccc1Cl. The lowest BCUT2D eigenvalue weighted by atomic mass is 10.4. The average Bonchev–Trinajstić information content (AvgIpc) is 2.25. The van der Waals surface area contributed by atoms with E-state index in [0.29, 0.717) is 16.6 Å². The van der Waals surface area contributed by atoms with E-state index in [0.717, 1.165) is 4.90 Å². The third-order valence-corrected chi connectivity index (χ3v) is 3.70. The molecule has 0 saturated carbocycles. The molecule has 0 unspecified atom stereocenters. The maximum absolute atomic E-state index is 11.3. The van der Waals surface area contributed by atoms with Gasteiger partial charge in [0, 0.05) is 11.4 Å². The summed E-state index contributed by atoms with van der Waals surface area (Å²) in [5.74, 6) is 0.220. The molecule has 1 aromatic carbocycles. The van der Waals surface area contributed by atoms with Crippen LogP contribution in [0.3, 0.4) is 0 Å². The zero-order chi connectivity index (χ0) is 12.0. The number of halogens is 2. The molecule has 0 aliphatic rings. The van der Waals surface area contributed by atoms with Gasteiger partial charge in [0.1, 0.15) is 0 Å². The third-order valence-electron chi connectivity index (χ3n) is 1.71. The molecular formula is C11H11Cl2NOS. The van der Waals surface area contributed by atoms with Crippen LogP contribution < -0.4 is 5.32 Å². The molecule has 5 heteroatoms. The Bertz CT molecular complexity index is 375. The molecule has 1 aromatic rings. The topological polar surface area (TPSA) is 29.1 Å². The molecule has 0 saturated heterocycles. The molecule has 1 N–H and O–H groups in total. The van der Waals surface area contributed by atoms with Crippen LogP contribution in [-0.4, -0.2) is 18.2 Å². The summed E-state index contributed by atoms with van der Waals surface area (Å²) in [5, 5.41) is 3.81. The highest BCUT2D eigenvalue weighted by atomic mass is 35.5. The maximum Gasteiger partial charge on any atom is 0.230 e. The highest BCUT2D eigenvalue weighted by Crippen LogP contribution is 2.33. The largest absolute Gasteiger partial charge is 0.352 e. The predicted octanol–water partition coefficient (Wildman–Crippen LogP) is 3.39. The number of benzene rings is 1. The van der Waals surface area contributed by atoms with E-state index in [1.165, 1.54) is 11.8 Å². The van der Waals surface area contributed by atoms with Crippen LogP contribution in [0.1, 0.15) is 0 Å². The summed E-state index contributed by atoms with van der Waals surface area (Å²) in [4.78, 5) is 12.1. The smallest absolute Gasteiger partial charge is 0.230 e. The summed E-state index contributed by atoms with van der Waals surface area (Å²) in [5.41, 5.74) is 0. The zero-order valence-electron chi connectivity index (χ0n) is 8.50. The third kappa shape index (κ3) is 4.08. The fourth-order valence-corrected chi connectivity index (χ4v) is 2.51. The normalized spacial score (nSPS) is 9.88. The molecule has 2 nitrogen and oxygen atoms in total. The fraction of sp³-hybridized carbons (Fsp3) is 0.182. The van der Waals surface area contributed by atoms with E-state index in [9.17, 15) is 4.79 Å². The first-order valence-corrected chi connectivity index (χ1v) is 6.33. The number of thioether (sulfide) groups is 1. The van der Waals surface area contributed by atoms with Crippen molar-refractivity contribution in [1.82, 2.24) is 5.32 Å². The average molecular weight is 276 g/mol. The summed E-state index contributed by atoms with van der Waals surface area (Å²) >= 11 is 13.3. The molecule has 0 fully saturated rings. The molecule has 0 bridgehead atoms. The molecular weight excluding hydrogens is 265 g/mol. The molecule has 1 amide bonds. The number of rotatable bonds is 5. The van der Waals surface area contributed by atoms with Gasteiger partial charge in [-0.05, 0) is 12.1 Å². The first kappa shape index (κ1) is 13.4. The van der Waals surface area contributed by atoms with Gasteiger partial charge in [0.15, 0.2) is 0 Å². The number of amides is 1. The monoisotopic (exact) mass is 275 g/mol. The van der Waals surface area contributed by atoms with Crippen molar-refractivity contribution >= 4 is 40.9 Å². The highest BCUT2D eigenvalue weighted by molar-refractivity contribution is 8.00. The highest BCUT2D eigenvalue weighted by Gasteiger charge is 2.08. The number of hydrogen-bond acceptors (Lipinski definition) is 2. The number of nitrogens with one attached hydrogen (secondary N) is 1. The van der Waals surface area contributed by atoms with Gasteiger partial charge in [-0.2, -0.15) is 0 Å². The van der Waals surface area contributed by atoms with Gasteiger partial charge in [-0.15, -0.1) is 18.3 Å². The van der Waals surface area contributed by atoms with E-state index in [2.05, 4.69) is 11.9 Å². The van der Waals surface area contributed by atoms with E-state index < -0.39 is 0 Å². The molecule has 0 aliphatic heterocycles. The first-order chi connectivity index (χ1) is 7.65. The maximum atomic E-state index is 11.3. The van der Waals surface area contributed by atoms with Gasteiger partial charge in [0.05, 0.1) is 15.8 Å². The first-order valence-electron chi connectivity index (χ1n) is 4.59. The summed E-state index contributed by atoms with van der Waals surface area (Å²) in [6.07, 6.45) is 1.63. The summed E-state index contributed by atoms with van der Waals surface area (Å²) in [6.45, 7) is 3.98. The van der Waals surface area contributed by atoms with Gasteiger partial charge >= 0.3 is 0 Å². The molecule has 86 valence electrons. The van der Waals surface area contributed by atoms with E-state index >= 15 is 0 Å². The quantitative estimate of drug-likeness (QED) is 0.659. The standard InChI is InChI=1S/C11H11Cl2NOS/c1-2-6-14-10(15)7-16-11-8(12)4-3-5-9(11)13/h2-5H,1,6-7H2,(H,14,15). The Morgan fingerprint density at radius 1 is 1.44 bits per heavy atom.